The second kappa shape index (κ2) is 16.6. The van der Waals surface area contributed by atoms with Crippen LogP contribution in [0.5, 0.6) is 0 Å². The molecule has 4 nitrogen and oxygen atoms in total. The zero-order valence-corrected chi connectivity index (χ0v) is 10.4. The molecule has 0 aromatic carbocycles. The monoisotopic (exact) mass is 236 g/mol. The summed E-state index contributed by atoms with van der Waals surface area (Å²) in [7, 11) is 0. The van der Waals surface area contributed by atoms with Crippen LogP contribution in [0.15, 0.2) is 12.7 Å². The number of carbonyl (C=O) groups excluding carboxylic acids is 1. The summed E-state index contributed by atoms with van der Waals surface area (Å²) in [6.07, 6.45) is 8.47. The van der Waals surface area contributed by atoms with Crippen LogP contribution >= 0.6 is 0 Å². The lowest BCUT2D eigenvalue weighted by molar-refractivity contribution is -0.137. The van der Waals surface area contributed by atoms with Crippen LogP contribution < -0.4 is 0 Å². The second-order valence-electron chi connectivity index (χ2n) is 3.36. The minimum absolute atomic E-state index is 0.312. The van der Waals surface area contributed by atoms with Crippen LogP contribution in [-0.4, -0.2) is 12.6 Å². The van der Waals surface area contributed by atoms with E-state index in [2.05, 4.69) is 13.5 Å². The Kier molecular flexibility index (Phi) is 17.2. The Morgan fingerprint density at radius 1 is 1.18 bits per heavy atom. The highest BCUT2D eigenvalue weighted by Crippen LogP contribution is 2.04. The molecule has 0 aromatic rings. The first-order valence-corrected chi connectivity index (χ1v) is 5.80. The minimum atomic E-state index is -0.312. The standard InChI is InChI=1S/C11H20O2.C2N2/c1-3-5-6-7-8-9-10-13-11(12)4-2;3-1-2-4/h4H,2-3,5-10H2,1H3;. The van der Waals surface area contributed by atoms with Crippen molar-refractivity contribution in [1.82, 2.24) is 0 Å². The van der Waals surface area contributed by atoms with Gasteiger partial charge in [-0.1, -0.05) is 45.6 Å². The van der Waals surface area contributed by atoms with Crippen molar-refractivity contribution in [1.29, 1.82) is 10.5 Å². The molecule has 0 N–H and O–H groups in total. The van der Waals surface area contributed by atoms with Crippen molar-refractivity contribution in [2.45, 2.75) is 45.4 Å². The molecular weight excluding hydrogens is 216 g/mol. The average Bonchev–Trinajstić information content (AvgIpc) is 2.37. The zero-order valence-electron chi connectivity index (χ0n) is 10.4. The quantitative estimate of drug-likeness (QED) is 0.368. The van der Waals surface area contributed by atoms with Crippen LogP contribution in [0.4, 0.5) is 0 Å². The highest BCUT2D eigenvalue weighted by atomic mass is 16.5. The van der Waals surface area contributed by atoms with E-state index in [0.717, 1.165) is 12.8 Å². The van der Waals surface area contributed by atoms with E-state index in [-0.39, 0.29) is 5.97 Å². The Morgan fingerprint density at radius 2 is 1.71 bits per heavy atom. The summed E-state index contributed by atoms with van der Waals surface area (Å²) in [5.74, 6) is -0.312. The van der Waals surface area contributed by atoms with E-state index in [1.807, 2.05) is 0 Å². The fourth-order valence-electron chi connectivity index (χ4n) is 1.11. The number of hydrogen-bond acceptors (Lipinski definition) is 4. The molecule has 0 heterocycles. The van der Waals surface area contributed by atoms with Crippen molar-refractivity contribution in [2.75, 3.05) is 6.61 Å². The zero-order chi connectivity index (χ0) is 13.4. The Bertz CT molecular complexity index is 262. The van der Waals surface area contributed by atoms with Gasteiger partial charge in [-0.3, -0.25) is 0 Å². The van der Waals surface area contributed by atoms with Crippen LogP contribution in [0.2, 0.25) is 0 Å². The molecule has 0 radical (unpaired) electrons. The molecular formula is C13H20N2O2. The van der Waals surface area contributed by atoms with Gasteiger partial charge in [0, 0.05) is 6.08 Å². The molecule has 94 valence electrons. The average molecular weight is 236 g/mol. The number of nitriles is 2. The SMILES string of the molecule is C=CC(=O)OCCCCCCCC.N#CC#N. The van der Waals surface area contributed by atoms with E-state index >= 15 is 0 Å². The smallest absolute Gasteiger partial charge is 0.330 e. The van der Waals surface area contributed by atoms with E-state index in [1.165, 1.54) is 43.9 Å². The largest absolute Gasteiger partial charge is 0.463 e. The fraction of sp³-hybridized carbons (Fsp3) is 0.615. The lowest BCUT2D eigenvalue weighted by atomic mass is 10.1. The minimum Gasteiger partial charge on any atom is -0.463 e. The summed E-state index contributed by atoms with van der Waals surface area (Å²) in [6.45, 7) is 6.06. The first-order chi connectivity index (χ1) is 8.22. The van der Waals surface area contributed by atoms with E-state index in [0.29, 0.717) is 6.61 Å². The Labute approximate surface area is 103 Å². The second-order valence-corrected chi connectivity index (χ2v) is 3.36. The predicted molar refractivity (Wildman–Crippen MR) is 65.8 cm³/mol. The number of hydrogen-bond donors (Lipinski definition) is 0. The van der Waals surface area contributed by atoms with Gasteiger partial charge in [0.2, 0.25) is 0 Å². The number of carbonyl (C=O) groups is 1. The molecule has 0 unspecified atom stereocenters. The molecule has 0 bridgehead atoms. The van der Waals surface area contributed by atoms with Crippen LogP contribution in [-0.2, 0) is 9.53 Å². The number of unbranched alkanes of at least 4 members (excludes halogenated alkanes) is 5. The fourth-order valence-corrected chi connectivity index (χ4v) is 1.11. The van der Waals surface area contributed by atoms with Crippen molar-refractivity contribution in [3.8, 4) is 12.1 Å². The van der Waals surface area contributed by atoms with Crippen molar-refractivity contribution < 1.29 is 9.53 Å². The maximum Gasteiger partial charge on any atom is 0.330 e. The van der Waals surface area contributed by atoms with Gasteiger partial charge in [0.1, 0.15) is 0 Å². The number of rotatable bonds is 8. The normalized spacial score (nSPS) is 7.94. The molecule has 0 spiro atoms. The van der Waals surface area contributed by atoms with Crippen molar-refractivity contribution >= 4 is 5.97 Å². The summed E-state index contributed by atoms with van der Waals surface area (Å²) in [4.78, 5) is 10.6. The molecule has 0 saturated carbocycles. The Morgan fingerprint density at radius 3 is 2.18 bits per heavy atom. The summed E-state index contributed by atoms with van der Waals surface area (Å²) in [5.41, 5.74) is 0. The molecule has 0 aliphatic carbocycles. The van der Waals surface area contributed by atoms with E-state index in [9.17, 15) is 4.79 Å². The molecule has 0 aliphatic heterocycles. The van der Waals surface area contributed by atoms with Gasteiger partial charge in [-0.25, -0.2) is 4.79 Å². The Balaban J connectivity index is 0. The summed E-state index contributed by atoms with van der Waals surface area (Å²) < 4.78 is 4.84. The van der Waals surface area contributed by atoms with Gasteiger partial charge in [-0.05, 0) is 6.42 Å². The molecule has 0 amide bonds. The molecule has 0 aliphatic rings. The third-order valence-corrected chi connectivity index (χ3v) is 1.96. The number of nitrogens with zero attached hydrogens (tertiary/aromatic N) is 2. The summed E-state index contributed by atoms with van der Waals surface area (Å²) in [5, 5.41) is 14.5. The summed E-state index contributed by atoms with van der Waals surface area (Å²) in [6, 6.07) is 2.47. The van der Waals surface area contributed by atoms with Gasteiger partial charge in [-0.15, -0.1) is 0 Å². The van der Waals surface area contributed by atoms with Crippen molar-refractivity contribution in [2.24, 2.45) is 0 Å². The van der Waals surface area contributed by atoms with Gasteiger partial charge in [0.15, 0.2) is 12.1 Å². The number of esters is 1. The molecule has 17 heavy (non-hydrogen) atoms. The molecule has 0 saturated heterocycles. The van der Waals surface area contributed by atoms with E-state index in [4.69, 9.17) is 15.3 Å². The van der Waals surface area contributed by atoms with Crippen LogP contribution in [0.3, 0.4) is 0 Å². The van der Waals surface area contributed by atoms with Gasteiger partial charge in [-0.2, -0.15) is 10.5 Å². The third-order valence-electron chi connectivity index (χ3n) is 1.96. The molecule has 0 rings (SSSR count). The van der Waals surface area contributed by atoms with Crippen molar-refractivity contribution in [3.05, 3.63) is 12.7 Å². The first-order valence-electron chi connectivity index (χ1n) is 5.80. The van der Waals surface area contributed by atoms with Crippen molar-refractivity contribution in [3.63, 3.8) is 0 Å². The van der Waals surface area contributed by atoms with Gasteiger partial charge >= 0.3 is 5.97 Å². The highest BCUT2D eigenvalue weighted by Gasteiger charge is 1.94. The topological polar surface area (TPSA) is 73.9 Å². The maximum absolute atomic E-state index is 10.6. The van der Waals surface area contributed by atoms with Crippen LogP contribution in [0.25, 0.3) is 0 Å². The molecule has 0 aromatic heterocycles. The molecule has 0 fully saturated rings. The van der Waals surface area contributed by atoms with Crippen LogP contribution in [0, 0.1) is 22.7 Å². The van der Waals surface area contributed by atoms with Gasteiger partial charge in [0.25, 0.3) is 0 Å². The lowest BCUT2D eigenvalue weighted by Crippen LogP contribution is -2.01. The van der Waals surface area contributed by atoms with Gasteiger partial charge in [0.05, 0.1) is 6.61 Å². The maximum atomic E-state index is 10.6. The lowest BCUT2D eigenvalue weighted by Gasteiger charge is -2.01. The Hall–Kier alpha value is -1.81. The molecule has 4 heteroatoms. The molecule has 0 atom stereocenters. The summed E-state index contributed by atoms with van der Waals surface area (Å²) >= 11 is 0. The predicted octanol–water partition coefficient (Wildman–Crippen LogP) is 3.11. The van der Waals surface area contributed by atoms with E-state index in [1.54, 1.807) is 0 Å². The van der Waals surface area contributed by atoms with Crippen LogP contribution in [0.1, 0.15) is 45.4 Å². The first kappa shape index (κ1) is 17.6. The third kappa shape index (κ3) is 20.3. The highest BCUT2D eigenvalue weighted by molar-refractivity contribution is 5.81. The van der Waals surface area contributed by atoms with E-state index < -0.39 is 0 Å². The van der Waals surface area contributed by atoms with Gasteiger partial charge < -0.3 is 4.74 Å². The number of ether oxygens (including phenoxy) is 1.